The van der Waals surface area contributed by atoms with E-state index in [9.17, 15) is 14.5 Å². The molecule has 0 aliphatic carbocycles. The molecule has 0 aliphatic heterocycles. The van der Waals surface area contributed by atoms with E-state index < -0.39 is 4.92 Å². The number of nitro groups is 1. The quantitative estimate of drug-likeness (QED) is 0.613. The zero-order valence-corrected chi connectivity index (χ0v) is 12.2. The van der Waals surface area contributed by atoms with Crippen LogP contribution in [-0.4, -0.2) is 4.92 Å². The number of benzene rings is 2. The smallest absolute Gasteiger partial charge is 0.310 e. The van der Waals surface area contributed by atoms with Gasteiger partial charge in [0, 0.05) is 16.1 Å². The Morgan fingerprint density at radius 2 is 2.05 bits per heavy atom. The van der Waals surface area contributed by atoms with Crippen LogP contribution < -0.4 is 4.74 Å². The Kier molecular flexibility index (Phi) is 4.34. The van der Waals surface area contributed by atoms with E-state index in [1.54, 1.807) is 18.2 Å². The Morgan fingerprint density at radius 3 is 2.70 bits per heavy atom. The van der Waals surface area contributed by atoms with Crippen molar-refractivity contribution in [2.75, 3.05) is 0 Å². The minimum absolute atomic E-state index is 0.0890. The molecule has 0 aromatic heterocycles. The molecule has 0 saturated heterocycles. The first kappa shape index (κ1) is 14.5. The number of hydrogen-bond donors (Lipinski definition) is 0. The van der Waals surface area contributed by atoms with Crippen LogP contribution in [0.15, 0.2) is 40.9 Å². The lowest BCUT2D eigenvalue weighted by Crippen LogP contribution is -2.00. The first-order valence-corrected chi connectivity index (χ1v) is 6.58. The van der Waals surface area contributed by atoms with Crippen molar-refractivity contribution in [1.82, 2.24) is 0 Å². The largest absolute Gasteiger partial charge is 0.482 e. The van der Waals surface area contributed by atoms with E-state index in [4.69, 9.17) is 4.74 Å². The predicted octanol–water partition coefficient (Wildman–Crippen LogP) is 4.38. The lowest BCUT2D eigenvalue weighted by Gasteiger charge is -2.09. The lowest BCUT2D eigenvalue weighted by molar-refractivity contribution is -0.386. The minimum atomic E-state index is -0.492. The van der Waals surface area contributed by atoms with Crippen LogP contribution in [-0.2, 0) is 6.61 Å². The highest BCUT2D eigenvalue weighted by Crippen LogP contribution is 2.29. The number of aryl methyl sites for hydroxylation is 1. The van der Waals surface area contributed by atoms with E-state index in [-0.39, 0.29) is 23.9 Å². The zero-order chi connectivity index (χ0) is 14.7. The van der Waals surface area contributed by atoms with E-state index in [0.717, 1.165) is 5.56 Å². The second-order valence-corrected chi connectivity index (χ2v) is 5.11. The van der Waals surface area contributed by atoms with E-state index >= 15 is 0 Å². The van der Waals surface area contributed by atoms with Gasteiger partial charge in [0.2, 0.25) is 0 Å². The van der Waals surface area contributed by atoms with Crippen LogP contribution in [0.1, 0.15) is 11.1 Å². The molecule has 6 heteroatoms. The van der Waals surface area contributed by atoms with Crippen LogP contribution >= 0.6 is 15.9 Å². The molecule has 0 heterocycles. The molecule has 0 amide bonds. The summed E-state index contributed by atoms with van der Waals surface area (Å²) in [4.78, 5) is 10.4. The van der Waals surface area contributed by atoms with Gasteiger partial charge in [0.25, 0.3) is 0 Å². The maximum Gasteiger partial charge on any atom is 0.310 e. The average Bonchev–Trinajstić information content (AvgIpc) is 2.37. The SMILES string of the molecule is Cc1ccc([N+](=O)[O-])c(OCc2ccc(F)cc2Br)c1. The third-order valence-corrected chi connectivity index (χ3v) is 3.45. The summed E-state index contributed by atoms with van der Waals surface area (Å²) < 4.78 is 19.0. The van der Waals surface area contributed by atoms with Gasteiger partial charge < -0.3 is 4.74 Å². The Balaban J connectivity index is 2.22. The molecule has 104 valence electrons. The molecule has 0 radical (unpaired) electrons. The Bertz CT molecular complexity index is 661. The van der Waals surface area contributed by atoms with Gasteiger partial charge in [0.1, 0.15) is 12.4 Å². The van der Waals surface area contributed by atoms with Gasteiger partial charge >= 0.3 is 5.69 Å². The van der Waals surface area contributed by atoms with Crippen LogP contribution in [0, 0.1) is 22.9 Å². The zero-order valence-electron chi connectivity index (χ0n) is 10.6. The number of ether oxygens (including phenoxy) is 1. The molecular weight excluding hydrogens is 329 g/mol. The van der Waals surface area contributed by atoms with Crippen LogP contribution in [0.4, 0.5) is 10.1 Å². The van der Waals surface area contributed by atoms with Crippen molar-refractivity contribution in [2.24, 2.45) is 0 Å². The second-order valence-electron chi connectivity index (χ2n) is 4.25. The van der Waals surface area contributed by atoms with E-state index in [0.29, 0.717) is 10.0 Å². The van der Waals surface area contributed by atoms with Crippen molar-refractivity contribution in [3.8, 4) is 5.75 Å². The van der Waals surface area contributed by atoms with Crippen molar-refractivity contribution in [2.45, 2.75) is 13.5 Å². The van der Waals surface area contributed by atoms with Gasteiger partial charge in [-0.1, -0.05) is 28.1 Å². The summed E-state index contributed by atoms with van der Waals surface area (Å²) in [5, 5.41) is 10.9. The molecule has 4 nitrogen and oxygen atoms in total. The number of rotatable bonds is 4. The van der Waals surface area contributed by atoms with Crippen LogP contribution in [0.5, 0.6) is 5.75 Å². The Morgan fingerprint density at radius 1 is 1.30 bits per heavy atom. The fourth-order valence-electron chi connectivity index (χ4n) is 1.68. The van der Waals surface area contributed by atoms with Gasteiger partial charge in [-0.25, -0.2) is 4.39 Å². The van der Waals surface area contributed by atoms with Crippen molar-refractivity contribution in [3.05, 3.63) is 67.9 Å². The number of nitrogens with zero attached hydrogens (tertiary/aromatic N) is 1. The first-order valence-electron chi connectivity index (χ1n) is 5.79. The summed E-state index contributed by atoms with van der Waals surface area (Å²) in [6.45, 7) is 1.94. The van der Waals surface area contributed by atoms with Crippen molar-refractivity contribution >= 4 is 21.6 Å². The van der Waals surface area contributed by atoms with Gasteiger partial charge in [-0.3, -0.25) is 10.1 Å². The highest BCUT2D eigenvalue weighted by atomic mass is 79.9. The van der Waals surface area contributed by atoms with Gasteiger partial charge in [-0.15, -0.1) is 0 Å². The molecule has 2 rings (SSSR count). The third-order valence-electron chi connectivity index (χ3n) is 2.71. The molecule has 0 aliphatic rings. The number of hydrogen-bond acceptors (Lipinski definition) is 3. The van der Waals surface area contributed by atoms with Crippen LogP contribution in [0.2, 0.25) is 0 Å². The molecular formula is C14H11BrFNO3. The first-order chi connectivity index (χ1) is 9.47. The molecule has 0 saturated carbocycles. The second kappa shape index (κ2) is 6.00. The van der Waals surface area contributed by atoms with E-state index in [1.807, 2.05) is 6.92 Å². The van der Waals surface area contributed by atoms with Crippen LogP contribution in [0.3, 0.4) is 0 Å². The maximum absolute atomic E-state index is 13.0. The van der Waals surface area contributed by atoms with Gasteiger partial charge in [-0.2, -0.15) is 0 Å². The molecule has 2 aromatic rings. The van der Waals surface area contributed by atoms with E-state index in [2.05, 4.69) is 15.9 Å². The summed E-state index contributed by atoms with van der Waals surface area (Å²) in [5.41, 5.74) is 1.49. The Hall–Kier alpha value is -1.95. The summed E-state index contributed by atoms with van der Waals surface area (Å²) in [7, 11) is 0. The third kappa shape index (κ3) is 3.33. The van der Waals surface area contributed by atoms with Gasteiger partial charge in [0.05, 0.1) is 4.92 Å². The van der Waals surface area contributed by atoms with Crippen LogP contribution in [0.25, 0.3) is 0 Å². The molecule has 0 atom stereocenters. The molecule has 0 bridgehead atoms. The molecule has 2 aromatic carbocycles. The van der Waals surface area contributed by atoms with Gasteiger partial charge in [0.15, 0.2) is 5.75 Å². The molecule has 0 N–H and O–H groups in total. The van der Waals surface area contributed by atoms with Gasteiger partial charge in [-0.05, 0) is 30.7 Å². The Labute approximate surface area is 123 Å². The normalized spacial score (nSPS) is 10.3. The minimum Gasteiger partial charge on any atom is -0.482 e. The lowest BCUT2D eigenvalue weighted by atomic mass is 10.2. The fourth-order valence-corrected chi connectivity index (χ4v) is 2.15. The van der Waals surface area contributed by atoms with Crippen molar-refractivity contribution < 1.29 is 14.1 Å². The summed E-state index contributed by atoms with van der Waals surface area (Å²) in [6.07, 6.45) is 0. The average molecular weight is 340 g/mol. The highest BCUT2D eigenvalue weighted by Gasteiger charge is 2.15. The monoisotopic (exact) mass is 339 g/mol. The van der Waals surface area contributed by atoms with Crippen molar-refractivity contribution in [1.29, 1.82) is 0 Å². The molecule has 0 unspecified atom stereocenters. The highest BCUT2D eigenvalue weighted by molar-refractivity contribution is 9.10. The van der Waals surface area contributed by atoms with Crippen molar-refractivity contribution in [3.63, 3.8) is 0 Å². The number of halogens is 2. The summed E-state index contributed by atoms with van der Waals surface area (Å²) in [6, 6.07) is 8.87. The molecule has 20 heavy (non-hydrogen) atoms. The molecule has 0 spiro atoms. The topological polar surface area (TPSA) is 52.4 Å². The summed E-state index contributed by atoms with van der Waals surface area (Å²) >= 11 is 3.23. The maximum atomic E-state index is 13.0. The predicted molar refractivity (Wildman–Crippen MR) is 76.3 cm³/mol. The fraction of sp³-hybridized carbons (Fsp3) is 0.143. The summed E-state index contributed by atoms with van der Waals surface area (Å²) in [5.74, 6) is -0.159. The number of nitro benzene ring substituents is 1. The van der Waals surface area contributed by atoms with E-state index in [1.165, 1.54) is 18.2 Å². The molecule has 0 fully saturated rings. The standard InChI is InChI=1S/C14H11BrFNO3/c1-9-2-5-13(17(18)19)14(6-9)20-8-10-3-4-11(16)7-12(10)15/h2-7H,8H2,1H3.